The second-order valence-corrected chi connectivity index (χ2v) is 8.09. The molecule has 0 saturated carbocycles. The Labute approximate surface area is 174 Å². The summed E-state index contributed by atoms with van der Waals surface area (Å²) in [4.78, 5) is 15.0. The van der Waals surface area contributed by atoms with E-state index in [1.54, 1.807) is 0 Å². The fourth-order valence-corrected chi connectivity index (χ4v) is 4.23. The molecule has 3 aromatic rings. The molecular weight excluding hydrogens is 412 g/mol. The average Bonchev–Trinajstić information content (AvgIpc) is 3.11. The van der Waals surface area contributed by atoms with E-state index in [2.05, 4.69) is 65.5 Å². The molecule has 0 unspecified atom stereocenters. The zero-order valence-corrected chi connectivity index (χ0v) is 18.0. The zero-order chi connectivity index (χ0) is 19.8. The van der Waals surface area contributed by atoms with Crippen LogP contribution in [0.15, 0.2) is 59.1 Å². The third-order valence-corrected chi connectivity index (χ3v) is 5.79. The minimum absolute atomic E-state index is 0.0940. The van der Waals surface area contributed by atoms with E-state index in [0.717, 1.165) is 56.9 Å². The summed E-state index contributed by atoms with van der Waals surface area (Å²) in [5.41, 5.74) is 7.30. The van der Waals surface area contributed by atoms with E-state index in [9.17, 15) is 4.79 Å². The number of fused-ring (bicyclic) bond motifs is 1. The van der Waals surface area contributed by atoms with Gasteiger partial charge in [-0.25, -0.2) is 0 Å². The van der Waals surface area contributed by atoms with E-state index in [1.807, 2.05) is 41.3 Å². The van der Waals surface area contributed by atoms with Crippen molar-refractivity contribution in [1.82, 2.24) is 4.57 Å². The molecule has 0 fully saturated rings. The second-order valence-electron chi connectivity index (χ2n) is 7.17. The van der Waals surface area contributed by atoms with Crippen LogP contribution >= 0.6 is 15.9 Å². The number of benzene rings is 2. The predicted molar refractivity (Wildman–Crippen MR) is 120 cm³/mol. The number of aromatic nitrogens is 1. The molecule has 1 amide bonds. The number of anilines is 1. The van der Waals surface area contributed by atoms with Crippen LogP contribution in [0, 0.1) is 13.8 Å². The van der Waals surface area contributed by atoms with Gasteiger partial charge in [-0.2, -0.15) is 0 Å². The van der Waals surface area contributed by atoms with Crippen molar-refractivity contribution in [2.75, 3.05) is 11.4 Å². The van der Waals surface area contributed by atoms with Gasteiger partial charge in [0.25, 0.3) is 5.91 Å². The first-order chi connectivity index (χ1) is 13.5. The van der Waals surface area contributed by atoms with Crippen LogP contribution < -0.4 is 4.90 Å². The van der Waals surface area contributed by atoms with Gasteiger partial charge >= 0.3 is 0 Å². The van der Waals surface area contributed by atoms with Crippen molar-refractivity contribution in [1.29, 1.82) is 0 Å². The summed E-state index contributed by atoms with van der Waals surface area (Å²) >= 11 is 3.50. The monoisotopic (exact) mass is 434 g/mol. The van der Waals surface area contributed by atoms with Crippen LogP contribution in [-0.4, -0.2) is 17.0 Å². The van der Waals surface area contributed by atoms with Crippen molar-refractivity contribution in [3.05, 3.63) is 81.6 Å². The van der Waals surface area contributed by atoms with Gasteiger partial charge in [0, 0.05) is 39.2 Å². The van der Waals surface area contributed by atoms with Gasteiger partial charge < -0.3 is 9.47 Å². The van der Waals surface area contributed by atoms with Gasteiger partial charge in [-0.1, -0.05) is 41.1 Å². The maximum absolute atomic E-state index is 13.1. The summed E-state index contributed by atoms with van der Waals surface area (Å²) in [6.45, 7) is 7.05. The number of carbonyl (C=O) groups is 1. The highest BCUT2D eigenvalue weighted by molar-refractivity contribution is 9.10. The molecule has 2 aromatic carbocycles. The minimum Gasteiger partial charge on any atom is -0.318 e. The van der Waals surface area contributed by atoms with E-state index < -0.39 is 0 Å². The number of carbonyl (C=O) groups excluding carboxylic acids is 1. The summed E-state index contributed by atoms with van der Waals surface area (Å²) in [7, 11) is 0. The molecule has 28 heavy (non-hydrogen) atoms. The normalized spacial score (nSPS) is 14.8. The molecule has 0 aliphatic carbocycles. The Kier molecular flexibility index (Phi) is 4.98. The summed E-state index contributed by atoms with van der Waals surface area (Å²) in [6.07, 6.45) is 2.99. The molecule has 0 saturated heterocycles. The van der Waals surface area contributed by atoms with Gasteiger partial charge in [-0.3, -0.25) is 4.79 Å². The topological polar surface area (TPSA) is 25.2 Å². The quantitative estimate of drug-likeness (QED) is 0.451. The molecule has 1 aliphatic rings. The largest absolute Gasteiger partial charge is 0.318 e. The molecule has 0 N–H and O–H groups in total. The third-order valence-electron chi connectivity index (χ3n) is 5.26. The van der Waals surface area contributed by atoms with Crippen LogP contribution in [0.4, 0.5) is 5.69 Å². The highest BCUT2D eigenvalue weighted by Crippen LogP contribution is 2.38. The van der Waals surface area contributed by atoms with E-state index in [4.69, 9.17) is 0 Å². The van der Waals surface area contributed by atoms with Gasteiger partial charge in [-0.15, -0.1) is 0 Å². The summed E-state index contributed by atoms with van der Waals surface area (Å²) in [5.74, 6) is 0.0940. The number of rotatable bonds is 4. The highest BCUT2D eigenvalue weighted by atomic mass is 79.9. The Morgan fingerprint density at radius 1 is 1.04 bits per heavy atom. The first kappa shape index (κ1) is 18.8. The third kappa shape index (κ3) is 3.12. The molecule has 0 bridgehead atoms. The number of hydrogen-bond donors (Lipinski definition) is 0. The van der Waals surface area contributed by atoms with Crippen molar-refractivity contribution in [3.63, 3.8) is 0 Å². The van der Waals surface area contributed by atoms with Crippen molar-refractivity contribution in [2.45, 2.75) is 27.2 Å². The van der Waals surface area contributed by atoms with Crippen molar-refractivity contribution >= 4 is 39.2 Å². The van der Waals surface area contributed by atoms with Crippen LogP contribution in [0.1, 0.15) is 35.9 Å². The van der Waals surface area contributed by atoms with E-state index in [0.29, 0.717) is 0 Å². The highest BCUT2D eigenvalue weighted by Gasteiger charge is 2.31. The fourth-order valence-electron chi connectivity index (χ4n) is 3.97. The van der Waals surface area contributed by atoms with Gasteiger partial charge in [0.1, 0.15) is 0 Å². The molecule has 0 radical (unpaired) electrons. The fraction of sp³-hybridized carbons (Fsp3) is 0.208. The molecular formula is C24H23BrN2O. The lowest BCUT2D eigenvalue weighted by molar-refractivity contribution is -0.113. The lowest BCUT2D eigenvalue weighted by atomic mass is 10.0. The van der Waals surface area contributed by atoms with Crippen LogP contribution in [-0.2, 0) is 4.79 Å². The molecule has 2 heterocycles. The van der Waals surface area contributed by atoms with Crippen molar-refractivity contribution < 1.29 is 4.79 Å². The molecule has 4 heteroatoms. The molecule has 1 aliphatic heterocycles. The Balaban J connectivity index is 1.81. The second kappa shape index (κ2) is 7.44. The Bertz CT molecular complexity index is 1080. The standard InChI is InChI=1S/C24H23BrN2O/c1-4-13-26-23-8-6-5-7-21(23)22(24(26)28)15-18-14-16(2)27(17(18)3)20-11-9-19(25)10-12-20/h5-12,14-15H,4,13H2,1-3H3/b22-15-. The van der Waals surface area contributed by atoms with Crippen LogP contribution in [0.25, 0.3) is 17.3 Å². The number of para-hydroxylation sites is 1. The maximum Gasteiger partial charge on any atom is 0.258 e. The summed E-state index contributed by atoms with van der Waals surface area (Å²) in [5, 5.41) is 0. The number of amides is 1. The number of halogens is 1. The van der Waals surface area contributed by atoms with E-state index in [-0.39, 0.29) is 5.91 Å². The smallest absolute Gasteiger partial charge is 0.258 e. The average molecular weight is 435 g/mol. The Morgan fingerprint density at radius 2 is 1.75 bits per heavy atom. The first-order valence-electron chi connectivity index (χ1n) is 9.59. The molecule has 0 atom stereocenters. The van der Waals surface area contributed by atoms with Crippen LogP contribution in [0.5, 0.6) is 0 Å². The summed E-state index contributed by atoms with van der Waals surface area (Å²) in [6, 6.07) is 18.5. The SMILES string of the molecule is CCCN1C(=O)/C(=C\c2cc(C)n(-c3ccc(Br)cc3)c2C)c2ccccc21. The number of aryl methyl sites for hydroxylation is 1. The minimum atomic E-state index is 0.0940. The van der Waals surface area contributed by atoms with Gasteiger partial charge in [0.15, 0.2) is 0 Å². The van der Waals surface area contributed by atoms with Crippen molar-refractivity contribution in [3.8, 4) is 5.69 Å². The lowest BCUT2D eigenvalue weighted by Gasteiger charge is -2.15. The van der Waals surface area contributed by atoms with E-state index in [1.165, 1.54) is 0 Å². The molecule has 142 valence electrons. The van der Waals surface area contributed by atoms with Crippen LogP contribution in [0.2, 0.25) is 0 Å². The summed E-state index contributed by atoms with van der Waals surface area (Å²) < 4.78 is 3.29. The lowest BCUT2D eigenvalue weighted by Crippen LogP contribution is -2.26. The first-order valence-corrected chi connectivity index (χ1v) is 10.4. The van der Waals surface area contributed by atoms with Crippen LogP contribution in [0.3, 0.4) is 0 Å². The number of nitrogens with zero attached hydrogens (tertiary/aromatic N) is 2. The maximum atomic E-state index is 13.1. The van der Waals surface area contributed by atoms with Gasteiger partial charge in [0.05, 0.1) is 5.69 Å². The Morgan fingerprint density at radius 3 is 2.46 bits per heavy atom. The number of hydrogen-bond acceptors (Lipinski definition) is 1. The Hall–Kier alpha value is -2.59. The molecule has 3 nitrogen and oxygen atoms in total. The van der Waals surface area contributed by atoms with Gasteiger partial charge in [-0.05, 0) is 68.3 Å². The predicted octanol–water partition coefficient (Wildman–Crippen LogP) is 6.15. The van der Waals surface area contributed by atoms with Gasteiger partial charge in [0.2, 0.25) is 0 Å². The molecule has 1 aromatic heterocycles. The molecule has 0 spiro atoms. The van der Waals surface area contributed by atoms with Crippen molar-refractivity contribution in [2.24, 2.45) is 0 Å². The molecule has 4 rings (SSSR count). The zero-order valence-electron chi connectivity index (χ0n) is 16.4. The van der Waals surface area contributed by atoms with E-state index >= 15 is 0 Å².